The lowest BCUT2D eigenvalue weighted by Crippen LogP contribution is -2.30. The molecular formula is C61H106O5. The van der Waals surface area contributed by atoms with E-state index in [4.69, 9.17) is 14.2 Å². The highest BCUT2D eigenvalue weighted by Gasteiger charge is 2.17. The molecule has 0 heterocycles. The molecule has 0 aliphatic heterocycles. The van der Waals surface area contributed by atoms with E-state index in [1.54, 1.807) is 0 Å². The molecule has 0 amide bonds. The lowest BCUT2D eigenvalue weighted by molar-refractivity contribution is -0.163. The van der Waals surface area contributed by atoms with Crippen LogP contribution in [0.25, 0.3) is 0 Å². The summed E-state index contributed by atoms with van der Waals surface area (Å²) in [6.07, 6.45) is 74.6. The number of unbranched alkanes of at least 4 members (excludes halogenated alkanes) is 26. The van der Waals surface area contributed by atoms with Crippen LogP contribution >= 0.6 is 0 Å². The van der Waals surface area contributed by atoms with Crippen LogP contribution in [0, 0.1) is 0 Å². The normalized spacial score (nSPS) is 12.8. The molecule has 5 nitrogen and oxygen atoms in total. The van der Waals surface area contributed by atoms with Crippen molar-refractivity contribution in [2.75, 3.05) is 19.8 Å². The summed E-state index contributed by atoms with van der Waals surface area (Å²) >= 11 is 0. The highest BCUT2D eigenvalue weighted by atomic mass is 16.6. The molecule has 1 atom stereocenters. The molecular weight excluding hydrogens is 813 g/mol. The summed E-state index contributed by atoms with van der Waals surface area (Å²) in [7, 11) is 0. The van der Waals surface area contributed by atoms with Gasteiger partial charge in [0.2, 0.25) is 0 Å². The molecule has 380 valence electrons. The number of ether oxygens (including phenoxy) is 3. The maximum Gasteiger partial charge on any atom is 0.306 e. The SMILES string of the molecule is CC/C=C\C/C=C\C/C=C\C/C=C\CCCCC(=O)OC(COCCCCCCCCCC/C=C\C/C=C\C/C=C\CC)COC(=O)CCCCCCCCCCCCCCCCCCC. The maximum atomic E-state index is 12.8. The molecule has 0 aromatic heterocycles. The van der Waals surface area contributed by atoms with Gasteiger partial charge >= 0.3 is 11.9 Å². The third-order valence-corrected chi connectivity index (χ3v) is 11.9. The maximum absolute atomic E-state index is 12.8. The van der Waals surface area contributed by atoms with E-state index in [0.29, 0.717) is 19.4 Å². The number of hydrogen-bond donors (Lipinski definition) is 0. The zero-order chi connectivity index (χ0) is 47.7. The van der Waals surface area contributed by atoms with Crippen molar-refractivity contribution in [2.24, 2.45) is 0 Å². The fourth-order valence-electron chi connectivity index (χ4n) is 7.81. The first-order valence-electron chi connectivity index (χ1n) is 28.1. The Hall–Kier alpha value is -2.92. The Kier molecular flexibility index (Phi) is 53.9. The van der Waals surface area contributed by atoms with Crippen molar-refractivity contribution in [3.8, 4) is 0 Å². The molecule has 0 spiro atoms. The number of esters is 2. The van der Waals surface area contributed by atoms with Crippen LogP contribution in [0.3, 0.4) is 0 Å². The van der Waals surface area contributed by atoms with Crippen LogP contribution < -0.4 is 0 Å². The standard InChI is InChI=1S/C61H106O5/c1-4-7-10-13-16-19-22-25-28-30-32-35-38-41-44-47-50-53-56-64-57-59(66-61(63)55-52-49-46-43-40-37-33-27-24-21-18-15-12-9-6-3)58-65-60(62)54-51-48-45-42-39-36-34-31-29-26-23-20-17-14-11-8-5-2/h7,9-10,12,16,18-19,21,25,27-28,33,40,43,59H,4-6,8,11,13-15,17,20,22-24,26,29-32,34-39,41-42,44-58H2,1-3H3/b10-7-,12-9-,19-16-,21-18-,28-25-,33-27-,43-40-. The van der Waals surface area contributed by atoms with Gasteiger partial charge in [-0.15, -0.1) is 0 Å². The summed E-state index contributed by atoms with van der Waals surface area (Å²) in [5.41, 5.74) is 0. The molecule has 0 aromatic rings. The molecule has 0 aliphatic carbocycles. The molecule has 5 heteroatoms. The smallest absolute Gasteiger partial charge is 0.306 e. The van der Waals surface area contributed by atoms with E-state index in [0.717, 1.165) is 89.9 Å². The van der Waals surface area contributed by atoms with Gasteiger partial charge in [-0.05, 0) is 89.9 Å². The van der Waals surface area contributed by atoms with E-state index < -0.39 is 6.10 Å². The minimum absolute atomic E-state index is 0.0647. The average Bonchev–Trinajstić information content (AvgIpc) is 3.32. The Morgan fingerprint density at radius 1 is 0.348 bits per heavy atom. The second-order valence-electron chi connectivity index (χ2n) is 18.4. The molecule has 0 saturated heterocycles. The highest BCUT2D eigenvalue weighted by molar-refractivity contribution is 5.70. The molecule has 66 heavy (non-hydrogen) atoms. The number of hydrogen-bond acceptors (Lipinski definition) is 5. The Morgan fingerprint density at radius 2 is 0.682 bits per heavy atom. The highest BCUT2D eigenvalue weighted by Crippen LogP contribution is 2.16. The van der Waals surface area contributed by atoms with Gasteiger partial charge in [-0.1, -0.05) is 247 Å². The van der Waals surface area contributed by atoms with Crippen LogP contribution in [0.2, 0.25) is 0 Å². The van der Waals surface area contributed by atoms with Crippen molar-refractivity contribution in [3.05, 3.63) is 85.1 Å². The predicted octanol–water partition coefficient (Wildman–Crippen LogP) is 19.2. The molecule has 0 radical (unpaired) electrons. The third kappa shape index (κ3) is 53.7. The van der Waals surface area contributed by atoms with Crippen LogP contribution in [0.15, 0.2) is 85.1 Å². The monoisotopic (exact) mass is 919 g/mol. The first-order chi connectivity index (χ1) is 32.6. The summed E-state index contributed by atoms with van der Waals surface area (Å²) < 4.78 is 17.4. The number of allylic oxidation sites excluding steroid dienone is 14. The van der Waals surface area contributed by atoms with E-state index >= 15 is 0 Å². The summed E-state index contributed by atoms with van der Waals surface area (Å²) in [6.45, 7) is 7.57. The third-order valence-electron chi connectivity index (χ3n) is 11.9. The lowest BCUT2D eigenvalue weighted by atomic mass is 10.0. The zero-order valence-electron chi connectivity index (χ0n) is 43.7. The van der Waals surface area contributed by atoms with Gasteiger partial charge in [-0.25, -0.2) is 0 Å². The lowest BCUT2D eigenvalue weighted by Gasteiger charge is -2.18. The molecule has 0 aromatic carbocycles. The van der Waals surface area contributed by atoms with Gasteiger partial charge < -0.3 is 14.2 Å². The topological polar surface area (TPSA) is 61.8 Å². The van der Waals surface area contributed by atoms with Gasteiger partial charge in [0, 0.05) is 19.4 Å². The summed E-state index contributed by atoms with van der Waals surface area (Å²) in [6, 6.07) is 0. The van der Waals surface area contributed by atoms with E-state index in [2.05, 4.69) is 106 Å². The van der Waals surface area contributed by atoms with Crippen molar-refractivity contribution >= 4 is 11.9 Å². The van der Waals surface area contributed by atoms with Crippen LogP contribution in [0.1, 0.15) is 265 Å². The van der Waals surface area contributed by atoms with Gasteiger partial charge in [0.25, 0.3) is 0 Å². The number of carbonyl (C=O) groups excluding carboxylic acids is 2. The Bertz CT molecular complexity index is 1220. The zero-order valence-corrected chi connectivity index (χ0v) is 43.7. The van der Waals surface area contributed by atoms with Crippen molar-refractivity contribution in [3.63, 3.8) is 0 Å². The fraction of sp³-hybridized carbons (Fsp3) is 0.738. The number of carbonyl (C=O) groups is 2. The van der Waals surface area contributed by atoms with Crippen molar-refractivity contribution in [1.29, 1.82) is 0 Å². The molecule has 0 N–H and O–H groups in total. The van der Waals surface area contributed by atoms with Crippen molar-refractivity contribution < 1.29 is 23.8 Å². The first-order valence-corrected chi connectivity index (χ1v) is 28.1. The molecule has 0 fully saturated rings. The van der Waals surface area contributed by atoms with Crippen LogP contribution in [0.4, 0.5) is 0 Å². The van der Waals surface area contributed by atoms with Gasteiger partial charge in [-0.3, -0.25) is 9.59 Å². The van der Waals surface area contributed by atoms with E-state index in [9.17, 15) is 9.59 Å². The fourth-order valence-corrected chi connectivity index (χ4v) is 7.81. The quantitative estimate of drug-likeness (QED) is 0.0346. The molecule has 0 bridgehead atoms. The second kappa shape index (κ2) is 56.4. The average molecular weight is 920 g/mol. The van der Waals surface area contributed by atoms with E-state index in [1.165, 1.54) is 141 Å². The largest absolute Gasteiger partial charge is 0.462 e. The molecule has 0 aliphatic rings. The van der Waals surface area contributed by atoms with E-state index in [-0.39, 0.29) is 25.2 Å². The first kappa shape index (κ1) is 63.1. The van der Waals surface area contributed by atoms with Gasteiger partial charge in [0.1, 0.15) is 6.61 Å². The number of rotatable bonds is 51. The Labute approximate surface area is 409 Å². The minimum Gasteiger partial charge on any atom is -0.462 e. The molecule has 0 saturated carbocycles. The Morgan fingerprint density at radius 3 is 1.12 bits per heavy atom. The summed E-state index contributed by atoms with van der Waals surface area (Å²) in [5, 5.41) is 0. The summed E-state index contributed by atoms with van der Waals surface area (Å²) in [5.74, 6) is -0.442. The van der Waals surface area contributed by atoms with Crippen molar-refractivity contribution in [1.82, 2.24) is 0 Å². The minimum atomic E-state index is -0.564. The van der Waals surface area contributed by atoms with Crippen LogP contribution in [-0.2, 0) is 23.8 Å². The van der Waals surface area contributed by atoms with Gasteiger partial charge in [0.05, 0.1) is 6.61 Å². The van der Waals surface area contributed by atoms with Crippen LogP contribution in [-0.4, -0.2) is 37.9 Å². The van der Waals surface area contributed by atoms with Crippen molar-refractivity contribution in [2.45, 2.75) is 271 Å². The second-order valence-corrected chi connectivity index (χ2v) is 18.4. The summed E-state index contributed by atoms with van der Waals surface area (Å²) in [4.78, 5) is 25.5. The van der Waals surface area contributed by atoms with Gasteiger partial charge in [-0.2, -0.15) is 0 Å². The van der Waals surface area contributed by atoms with E-state index in [1.807, 2.05) is 0 Å². The Balaban J connectivity index is 4.32. The predicted molar refractivity (Wildman–Crippen MR) is 288 cm³/mol. The van der Waals surface area contributed by atoms with Gasteiger partial charge in [0.15, 0.2) is 6.10 Å². The molecule has 0 rings (SSSR count). The van der Waals surface area contributed by atoms with Crippen LogP contribution in [0.5, 0.6) is 0 Å². The molecule has 1 unspecified atom stereocenters.